The first-order valence-electron chi connectivity index (χ1n) is 4.48. The normalized spacial score (nSPS) is 12.7. The summed E-state index contributed by atoms with van der Waals surface area (Å²) in [7, 11) is 0. The van der Waals surface area contributed by atoms with Crippen molar-refractivity contribution in [3.05, 3.63) is 35.9 Å². The Morgan fingerprint density at radius 1 is 1.47 bits per heavy atom. The molecule has 0 amide bonds. The van der Waals surface area contributed by atoms with Gasteiger partial charge in [0.2, 0.25) is 0 Å². The van der Waals surface area contributed by atoms with E-state index in [0.29, 0.717) is 11.5 Å². The van der Waals surface area contributed by atoms with Gasteiger partial charge in [0.25, 0.3) is 0 Å². The van der Waals surface area contributed by atoms with Gasteiger partial charge in [-0.05, 0) is 35.5 Å². The number of benzene rings is 1. The van der Waals surface area contributed by atoms with E-state index in [1.165, 1.54) is 16.8 Å². The van der Waals surface area contributed by atoms with Crippen molar-refractivity contribution in [2.45, 2.75) is 13.0 Å². The Morgan fingerprint density at radius 3 is 2.93 bits per heavy atom. The fraction of sp³-hybridized carbons (Fsp3) is 0.222. The van der Waals surface area contributed by atoms with Crippen molar-refractivity contribution < 1.29 is 4.39 Å². The second-order valence-corrected chi connectivity index (χ2v) is 3.22. The molecule has 0 saturated heterocycles. The lowest BCUT2D eigenvalue weighted by Crippen LogP contribution is -2.13. The molecular weight excluding hydrogens is 197 g/mol. The van der Waals surface area contributed by atoms with Crippen LogP contribution in [0.5, 0.6) is 0 Å². The molecule has 2 aromatic rings. The molecular formula is C9H10FN5. The van der Waals surface area contributed by atoms with Crippen LogP contribution >= 0.6 is 0 Å². The highest BCUT2D eigenvalue weighted by atomic mass is 19.1. The summed E-state index contributed by atoms with van der Waals surface area (Å²) in [5.74, 6) is 0.166. The Kier molecular flexibility index (Phi) is 2.42. The SMILES string of the molecule is CC(N)c1nnnn1-c1cccc(F)c1. The summed E-state index contributed by atoms with van der Waals surface area (Å²) in [5.41, 5.74) is 6.24. The van der Waals surface area contributed by atoms with Gasteiger partial charge < -0.3 is 5.73 Å². The van der Waals surface area contributed by atoms with Gasteiger partial charge in [-0.15, -0.1) is 5.10 Å². The quantitative estimate of drug-likeness (QED) is 0.791. The summed E-state index contributed by atoms with van der Waals surface area (Å²) < 4.78 is 14.4. The molecule has 15 heavy (non-hydrogen) atoms. The van der Waals surface area contributed by atoms with Gasteiger partial charge in [0.1, 0.15) is 5.82 Å². The highest BCUT2D eigenvalue weighted by molar-refractivity contribution is 5.31. The van der Waals surface area contributed by atoms with Crippen molar-refractivity contribution in [3.8, 4) is 5.69 Å². The maximum absolute atomic E-state index is 13.0. The summed E-state index contributed by atoms with van der Waals surface area (Å²) in [6.45, 7) is 1.77. The summed E-state index contributed by atoms with van der Waals surface area (Å²) in [6, 6.07) is 5.72. The molecule has 0 saturated carbocycles. The first-order valence-corrected chi connectivity index (χ1v) is 4.48. The van der Waals surface area contributed by atoms with E-state index in [0.717, 1.165) is 0 Å². The van der Waals surface area contributed by atoms with Gasteiger partial charge in [-0.1, -0.05) is 6.07 Å². The lowest BCUT2D eigenvalue weighted by Gasteiger charge is -2.06. The van der Waals surface area contributed by atoms with Crippen molar-refractivity contribution in [2.75, 3.05) is 0 Å². The van der Waals surface area contributed by atoms with Crippen LogP contribution in [0.4, 0.5) is 4.39 Å². The molecule has 0 aliphatic rings. The second kappa shape index (κ2) is 3.74. The Balaban J connectivity index is 2.49. The number of rotatable bonds is 2. The molecule has 1 aromatic heterocycles. The number of hydrogen-bond donors (Lipinski definition) is 1. The van der Waals surface area contributed by atoms with Crippen LogP contribution in [0.2, 0.25) is 0 Å². The highest BCUT2D eigenvalue weighted by Gasteiger charge is 2.11. The zero-order valence-corrected chi connectivity index (χ0v) is 8.13. The maximum Gasteiger partial charge on any atom is 0.173 e. The molecule has 6 heteroatoms. The van der Waals surface area contributed by atoms with Crippen molar-refractivity contribution in [1.29, 1.82) is 0 Å². The summed E-state index contributed by atoms with van der Waals surface area (Å²) in [5, 5.41) is 11.0. The molecule has 1 aromatic carbocycles. The summed E-state index contributed by atoms with van der Waals surface area (Å²) >= 11 is 0. The second-order valence-electron chi connectivity index (χ2n) is 3.22. The van der Waals surface area contributed by atoms with E-state index >= 15 is 0 Å². The molecule has 0 radical (unpaired) electrons. The predicted molar refractivity (Wildman–Crippen MR) is 51.7 cm³/mol. The van der Waals surface area contributed by atoms with E-state index < -0.39 is 0 Å². The molecule has 2 N–H and O–H groups in total. The average Bonchev–Trinajstić information content (AvgIpc) is 2.65. The zero-order chi connectivity index (χ0) is 10.8. The fourth-order valence-corrected chi connectivity index (χ4v) is 1.27. The lowest BCUT2D eigenvalue weighted by molar-refractivity contribution is 0.621. The number of hydrogen-bond acceptors (Lipinski definition) is 4. The molecule has 78 valence electrons. The van der Waals surface area contributed by atoms with E-state index in [2.05, 4.69) is 15.5 Å². The van der Waals surface area contributed by atoms with Crippen molar-refractivity contribution in [2.24, 2.45) is 5.73 Å². The average molecular weight is 207 g/mol. The van der Waals surface area contributed by atoms with Crippen LogP contribution in [0.15, 0.2) is 24.3 Å². The van der Waals surface area contributed by atoms with Crippen LogP contribution in [0.3, 0.4) is 0 Å². The molecule has 0 fully saturated rings. The van der Waals surface area contributed by atoms with Crippen LogP contribution in [0.1, 0.15) is 18.8 Å². The molecule has 0 aliphatic carbocycles. The number of aromatic nitrogens is 4. The summed E-state index contributed by atoms with van der Waals surface area (Å²) in [6.07, 6.45) is 0. The standard InChI is InChI=1S/C9H10FN5/c1-6(11)9-12-13-14-15(9)8-4-2-3-7(10)5-8/h2-6H,11H2,1H3. The fourth-order valence-electron chi connectivity index (χ4n) is 1.27. The van der Waals surface area contributed by atoms with E-state index in [1.807, 2.05) is 0 Å². The minimum Gasteiger partial charge on any atom is -0.321 e. The third-order valence-electron chi connectivity index (χ3n) is 1.95. The number of tetrazole rings is 1. The van der Waals surface area contributed by atoms with E-state index in [1.54, 1.807) is 19.1 Å². The van der Waals surface area contributed by atoms with E-state index in [4.69, 9.17) is 5.73 Å². The van der Waals surface area contributed by atoms with Crippen molar-refractivity contribution in [3.63, 3.8) is 0 Å². The minimum atomic E-state index is -0.335. The Bertz CT molecular complexity index is 465. The van der Waals surface area contributed by atoms with E-state index in [-0.39, 0.29) is 11.9 Å². The molecule has 0 spiro atoms. The van der Waals surface area contributed by atoms with E-state index in [9.17, 15) is 4.39 Å². The molecule has 1 unspecified atom stereocenters. The largest absolute Gasteiger partial charge is 0.321 e. The third kappa shape index (κ3) is 1.84. The minimum absolute atomic E-state index is 0.303. The molecule has 2 rings (SSSR count). The summed E-state index contributed by atoms with van der Waals surface area (Å²) in [4.78, 5) is 0. The van der Waals surface area contributed by atoms with Gasteiger partial charge in [-0.2, -0.15) is 4.68 Å². The van der Waals surface area contributed by atoms with Gasteiger partial charge >= 0.3 is 0 Å². The van der Waals surface area contributed by atoms with Crippen LogP contribution in [0, 0.1) is 5.82 Å². The molecule has 0 bridgehead atoms. The Hall–Kier alpha value is -1.82. The first kappa shape index (κ1) is 9.72. The van der Waals surface area contributed by atoms with Crippen LogP contribution in [-0.2, 0) is 0 Å². The van der Waals surface area contributed by atoms with Gasteiger partial charge in [0.15, 0.2) is 5.82 Å². The van der Waals surface area contributed by atoms with Crippen molar-refractivity contribution in [1.82, 2.24) is 20.2 Å². The lowest BCUT2D eigenvalue weighted by atomic mass is 10.3. The maximum atomic E-state index is 13.0. The predicted octanol–water partition coefficient (Wildman–Crippen LogP) is 0.821. The highest BCUT2D eigenvalue weighted by Crippen LogP contribution is 2.12. The van der Waals surface area contributed by atoms with Gasteiger partial charge in [0, 0.05) is 0 Å². The van der Waals surface area contributed by atoms with Crippen molar-refractivity contribution >= 4 is 0 Å². The Labute approximate surface area is 85.7 Å². The first-order chi connectivity index (χ1) is 7.18. The zero-order valence-electron chi connectivity index (χ0n) is 8.13. The number of nitrogens with zero attached hydrogens (tertiary/aromatic N) is 4. The molecule has 5 nitrogen and oxygen atoms in total. The monoisotopic (exact) mass is 207 g/mol. The van der Waals surface area contributed by atoms with Gasteiger partial charge in [-0.25, -0.2) is 4.39 Å². The number of nitrogens with two attached hydrogens (primary N) is 1. The van der Waals surface area contributed by atoms with Crippen LogP contribution in [-0.4, -0.2) is 20.2 Å². The molecule has 0 aliphatic heterocycles. The van der Waals surface area contributed by atoms with Crippen LogP contribution in [0.25, 0.3) is 5.69 Å². The molecule has 1 heterocycles. The topological polar surface area (TPSA) is 69.6 Å². The number of halogens is 1. The third-order valence-corrected chi connectivity index (χ3v) is 1.95. The van der Waals surface area contributed by atoms with Gasteiger partial charge in [0.05, 0.1) is 11.7 Å². The Morgan fingerprint density at radius 2 is 2.27 bits per heavy atom. The van der Waals surface area contributed by atoms with Gasteiger partial charge in [-0.3, -0.25) is 0 Å². The molecule has 1 atom stereocenters. The smallest absolute Gasteiger partial charge is 0.173 e. The van der Waals surface area contributed by atoms with Crippen LogP contribution < -0.4 is 5.73 Å².